The molecule has 1 aromatic heterocycles. The maximum atomic E-state index is 12.9. The zero-order chi connectivity index (χ0) is 18.5. The second-order valence-electron chi connectivity index (χ2n) is 6.95. The number of rotatable bonds is 7. The number of benzene rings is 1. The number of nitrogens with one attached hydrogen (secondary N) is 1. The predicted molar refractivity (Wildman–Crippen MR) is 99.2 cm³/mol. The maximum absolute atomic E-state index is 12.9. The highest BCUT2D eigenvalue weighted by molar-refractivity contribution is 7.89. The Bertz CT molecular complexity index is 797. The molecule has 1 aromatic carbocycles. The van der Waals surface area contributed by atoms with Crippen molar-refractivity contribution in [1.29, 1.82) is 0 Å². The van der Waals surface area contributed by atoms with Gasteiger partial charge in [0.05, 0.1) is 6.61 Å². The monoisotopic (exact) mass is 362 g/mol. The second-order valence-corrected chi connectivity index (χ2v) is 8.68. The average molecular weight is 362 g/mol. The van der Waals surface area contributed by atoms with E-state index in [4.69, 9.17) is 4.74 Å². The van der Waals surface area contributed by atoms with Crippen LogP contribution in [0, 0.1) is 0 Å². The molecular formula is C19H26N2O3S. The Morgan fingerprint density at radius 2 is 1.96 bits per heavy atom. The molecule has 0 atom stereocenters. The SMILES string of the molecule is CCCOc1ccc(C(C)(C)C)cc1S(=O)(=O)NCc1cccnc1. The summed E-state index contributed by atoms with van der Waals surface area (Å²) in [4.78, 5) is 4.18. The topological polar surface area (TPSA) is 68.3 Å². The highest BCUT2D eigenvalue weighted by atomic mass is 32.2. The minimum Gasteiger partial charge on any atom is -0.492 e. The lowest BCUT2D eigenvalue weighted by atomic mass is 9.87. The summed E-state index contributed by atoms with van der Waals surface area (Å²) in [6.45, 7) is 8.79. The summed E-state index contributed by atoms with van der Waals surface area (Å²) in [7, 11) is -3.71. The number of hydrogen-bond donors (Lipinski definition) is 1. The molecule has 25 heavy (non-hydrogen) atoms. The minimum atomic E-state index is -3.71. The van der Waals surface area contributed by atoms with E-state index in [1.54, 1.807) is 30.6 Å². The van der Waals surface area contributed by atoms with Crippen LogP contribution in [0.5, 0.6) is 5.75 Å². The first kappa shape index (κ1) is 19.4. The number of ether oxygens (including phenoxy) is 1. The second kappa shape index (κ2) is 7.97. The summed E-state index contributed by atoms with van der Waals surface area (Å²) in [6, 6.07) is 8.98. The molecule has 0 fully saturated rings. The van der Waals surface area contributed by atoms with Gasteiger partial charge in [-0.15, -0.1) is 0 Å². The summed E-state index contributed by atoms with van der Waals surface area (Å²) in [5, 5.41) is 0. The first-order valence-corrected chi connectivity index (χ1v) is 9.88. The zero-order valence-corrected chi connectivity index (χ0v) is 16.1. The van der Waals surface area contributed by atoms with Crippen LogP contribution in [0.4, 0.5) is 0 Å². The standard InChI is InChI=1S/C19H26N2O3S/c1-5-11-24-17-9-8-16(19(2,3)4)12-18(17)25(22,23)21-14-15-7-6-10-20-13-15/h6-10,12-13,21H,5,11,14H2,1-4H3. The molecular weight excluding hydrogens is 336 g/mol. The molecule has 0 saturated carbocycles. The molecule has 0 unspecified atom stereocenters. The van der Waals surface area contributed by atoms with Crippen LogP contribution in [-0.4, -0.2) is 20.0 Å². The first-order chi connectivity index (χ1) is 11.7. The quantitative estimate of drug-likeness (QED) is 0.816. The van der Waals surface area contributed by atoms with Gasteiger partial charge < -0.3 is 4.74 Å². The molecule has 0 bridgehead atoms. The molecule has 0 saturated heterocycles. The van der Waals surface area contributed by atoms with Gasteiger partial charge in [0.2, 0.25) is 10.0 Å². The van der Waals surface area contributed by atoms with Gasteiger partial charge in [-0.1, -0.05) is 39.8 Å². The van der Waals surface area contributed by atoms with Crippen LogP contribution >= 0.6 is 0 Å². The Morgan fingerprint density at radius 1 is 1.20 bits per heavy atom. The molecule has 136 valence electrons. The summed E-state index contributed by atoms with van der Waals surface area (Å²) >= 11 is 0. The summed E-state index contributed by atoms with van der Waals surface area (Å²) in [5.74, 6) is 0.383. The number of sulfonamides is 1. The molecule has 2 rings (SSSR count). The third-order valence-corrected chi connectivity index (χ3v) is 5.17. The molecule has 6 heteroatoms. The maximum Gasteiger partial charge on any atom is 0.244 e. The molecule has 0 spiro atoms. The van der Waals surface area contributed by atoms with Crippen LogP contribution in [0.3, 0.4) is 0 Å². The smallest absolute Gasteiger partial charge is 0.244 e. The van der Waals surface area contributed by atoms with Crippen LogP contribution in [0.25, 0.3) is 0 Å². The highest BCUT2D eigenvalue weighted by Crippen LogP contribution is 2.31. The van der Waals surface area contributed by atoms with Gasteiger partial charge in [0.15, 0.2) is 0 Å². The molecule has 0 amide bonds. The Hall–Kier alpha value is -1.92. The van der Waals surface area contributed by atoms with Gasteiger partial charge in [0, 0.05) is 18.9 Å². The number of pyridine rings is 1. The predicted octanol–water partition coefficient (Wildman–Crippen LogP) is 3.65. The van der Waals surface area contributed by atoms with E-state index in [1.165, 1.54) is 0 Å². The molecule has 0 aliphatic heterocycles. The Balaban J connectivity index is 2.35. The van der Waals surface area contributed by atoms with Gasteiger partial charge in [-0.3, -0.25) is 4.98 Å². The highest BCUT2D eigenvalue weighted by Gasteiger charge is 2.23. The van der Waals surface area contributed by atoms with Crippen molar-refractivity contribution in [2.45, 2.75) is 51.0 Å². The fourth-order valence-electron chi connectivity index (χ4n) is 2.27. The summed E-state index contributed by atoms with van der Waals surface area (Å²) in [5.41, 5.74) is 1.59. The lowest BCUT2D eigenvalue weighted by Crippen LogP contribution is -2.25. The molecule has 5 nitrogen and oxygen atoms in total. The van der Waals surface area contributed by atoms with Crippen LogP contribution in [-0.2, 0) is 22.0 Å². The van der Waals surface area contributed by atoms with Crippen molar-refractivity contribution in [2.75, 3.05) is 6.61 Å². The van der Waals surface area contributed by atoms with Gasteiger partial charge in [0.25, 0.3) is 0 Å². The van der Waals surface area contributed by atoms with Crippen molar-refractivity contribution in [1.82, 2.24) is 9.71 Å². The van der Waals surface area contributed by atoms with Crippen LogP contribution in [0.15, 0.2) is 47.6 Å². The normalized spacial score (nSPS) is 12.2. The number of nitrogens with zero attached hydrogens (tertiary/aromatic N) is 1. The van der Waals surface area contributed by atoms with E-state index in [9.17, 15) is 8.42 Å². The van der Waals surface area contributed by atoms with Crippen molar-refractivity contribution >= 4 is 10.0 Å². The largest absolute Gasteiger partial charge is 0.492 e. The van der Waals surface area contributed by atoms with Crippen molar-refractivity contribution < 1.29 is 13.2 Å². The number of aromatic nitrogens is 1. The van der Waals surface area contributed by atoms with Crippen LogP contribution < -0.4 is 9.46 Å². The van der Waals surface area contributed by atoms with E-state index in [2.05, 4.69) is 9.71 Å². The third kappa shape index (κ3) is 5.28. The van der Waals surface area contributed by atoms with E-state index in [0.717, 1.165) is 17.5 Å². The molecule has 0 aliphatic rings. The summed E-state index contributed by atoms with van der Waals surface area (Å²) < 4.78 is 34.0. The minimum absolute atomic E-state index is 0.156. The fraction of sp³-hybridized carbons (Fsp3) is 0.421. The van der Waals surface area contributed by atoms with Gasteiger partial charge in [-0.2, -0.15) is 0 Å². The van der Waals surface area contributed by atoms with Gasteiger partial charge in [0.1, 0.15) is 10.6 Å². The molecule has 1 heterocycles. The van der Waals surface area contributed by atoms with Gasteiger partial charge in [-0.25, -0.2) is 13.1 Å². The Morgan fingerprint density at radius 3 is 2.56 bits per heavy atom. The van der Waals surface area contributed by atoms with E-state index in [-0.39, 0.29) is 16.9 Å². The molecule has 1 N–H and O–H groups in total. The van der Waals surface area contributed by atoms with Crippen LogP contribution in [0.1, 0.15) is 45.2 Å². The molecule has 0 radical (unpaired) electrons. The average Bonchev–Trinajstić information content (AvgIpc) is 2.58. The molecule has 0 aliphatic carbocycles. The first-order valence-electron chi connectivity index (χ1n) is 8.40. The Kier molecular flexibility index (Phi) is 6.19. The van der Waals surface area contributed by atoms with Crippen molar-refractivity contribution in [3.05, 3.63) is 53.9 Å². The van der Waals surface area contributed by atoms with E-state index in [1.807, 2.05) is 39.8 Å². The fourth-order valence-corrected chi connectivity index (χ4v) is 3.46. The number of hydrogen-bond acceptors (Lipinski definition) is 4. The van der Waals surface area contributed by atoms with E-state index >= 15 is 0 Å². The van der Waals surface area contributed by atoms with Crippen molar-refractivity contribution in [3.63, 3.8) is 0 Å². The molecule has 2 aromatic rings. The van der Waals surface area contributed by atoms with Crippen LogP contribution in [0.2, 0.25) is 0 Å². The Labute approximate surface area is 150 Å². The lowest BCUT2D eigenvalue weighted by Gasteiger charge is -2.21. The van der Waals surface area contributed by atoms with E-state index in [0.29, 0.717) is 12.4 Å². The van der Waals surface area contributed by atoms with E-state index < -0.39 is 10.0 Å². The zero-order valence-electron chi connectivity index (χ0n) is 15.2. The van der Waals surface area contributed by atoms with Gasteiger partial charge in [-0.05, 0) is 41.2 Å². The van der Waals surface area contributed by atoms with Crippen molar-refractivity contribution in [3.8, 4) is 5.75 Å². The lowest BCUT2D eigenvalue weighted by molar-refractivity contribution is 0.308. The van der Waals surface area contributed by atoms with Gasteiger partial charge >= 0.3 is 0 Å². The van der Waals surface area contributed by atoms with Crippen molar-refractivity contribution in [2.24, 2.45) is 0 Å². The summed E-state index contributed by atoms with van der Waals surface area (Å²) in [6.07, 6.45) is 4.10. The third-order valence-electron chi connectivity index (χ3n) is 3.75.